The van der Waals surface area contributed by atoms with E-state index in [-0.39, 0.29) is 0 Å². The van der Waals surface area contributed by atoms with Gasteiger partial charge in [0.15, 0.2) is 0 Å². The monoisotopic (exact) mass is 234 g/mol. The quantitative estimate of drug-likeness (QED) is 0.738. The molecule has 88 valence electrons. The van der Waals surface area contributed by atoms with Crippen LogP contribution in [-0.2, 0) is 6.54 Å². The van der Waals surface area contributed by atoms with E-state index in [2.05, 4.69) is 53.5 Å². The summed E-state index contributed by atoms with van der Waals surface area (Å²) in [5.74, 6) is 0. The Kier molecular flexibility index (Phi) is 2.79. The zero-order valence-electron chi connectivity index (χ0n) is 10.0. The third-order valence-corrected chi connectivity index (χ3v) is 3.17. The fourth-order valence-electron chi connectivity index (χ4n) is 2.30. The lowest BCUT2D eigenvalue weighted by atomic mass is 9.98. The minimum atomic E-state index is 0.468. The van der Waals surface area contributed by atoms with Crippen LogP contribution in [0, 0.1) is 0 Å². The Labute approximate surface area is 106 Å². The third-order valence-electron chi connectivity index (χ3n) is 3.17. The van der Waals surface area contributed by atoms with Gasteiger partial charge in [-0.15, -0.1) is 0 Å². The number of aromatic nitrogens is 1. The molecule has 0 bridgehead atoms. The van der Waals surface area contributed by atoms with Crippen molar-refractivity contribution in [3.05, 3.63) is 66.5 Å². The zero-order chi connectivity index (χ0) is 12.4. The van der Waals surface area contributed by atoms with E-state index in [1.54, 1.807) is 0 Å². The highest BCUT2D eigenvalue weighted by Crippen LogP contribution is 2.29. The Morgan fingerprint density at radius 1 is 0.833 bits per heavy atom. The summed E-state index contributed by atoms with van der Waals surface area (Å²) in [7, 11) is 0. The highest BCUT2D eigenvalue weighted by Gasteiger charge is 2.06. The molecule has 2 nitrogen and oxygen atoms in total. The molecule has 3 aromatic rings. The number of fused-ring (bicyclic) bond motifs is 1. The topological polar surface area (TPSA) is 38.9 Å². The molecule has 0 amide bonds. The molecule has 0 fully saturated rings. The van der Waals surface area contributed by atoms with Crippen LogP contribution in [0.4, 0.5) is 0 Å². The van der Waals surface area contributed by atoms with Crippen LogP contribution in [0.2, 0.25) is 0 Å². The van der Waals surface area contributed by atoms with Gasteiger partial charge in [-0.1, -0.05) is 48.5 Å². The van der Waals surface area contributed by atoms with Crippen molar-refractivity contribution in [3.63, 3.8) is 0 Å². The summed E-state index contributed by atoms with van der Waals surface area (Å²) >= 11 is 0. The van der Waals surface area contributed by atoms with Crippen molar-refractivity contribution < 1.29 is 0 Å². The molecule has 0 unspecified atom stereocenters. The first-order valence-electron chi connectivity index (χ1n) is 6.02. The van der Waals surface area contributed by atoms with Crippen LogP contribution in [0.1, 0.15) is 5.69 Å². The van der Waals surface area contributed by atoms with Gasteiger partial charge >= 0.3 is 0 Å². The molecule has 1 aromatic heterocycles. The molecule has 1 heterocycles. The predicted octanol–water partition coefficient (Wildman–Crippen LogP) is 3.36. The lowest BCUT2D eigenvalue weighted by molar-refractivity contribution is 1.01. The maximum atomic E-state index is 5.74. The van der Waals surface area contributed by atoms with Crippen molar-refractivity contribution in [1.29, 1.82) is 0 Å². The fourth-order valence-corrected chi connectivity index (χ4v) is 2.30. The van der Waals surface area contributed by atoms with Gasteiger partial charge < -0.3 is 5.73 Å². The lowest BCUT2D eigenvalue weighted by Crippen LogP contribution is -2.00. The van der Waals surface area contributed by atoms with Gasteiger partial charge in [0.05, 0.1) is 5.69 Å². The van der Waals surface area contributed by atoms with Gasteiger partial charge in [0.1, 0.15) is 0 Å². The predicted molar refractivity (Wildman–Crippen MR) is 75.1 cm³/mol. The highest BCUT2D eigenvalue weighted by atomic mass is 14.7. The van der Waals surface area contributed by atoms with Gasteiger partial charge in [0, 0.05) is 18.1 Å². The van der Waals surface area contributed by atoms with E-state index in [9.17, 15) is 0 Å². The van der Waals surface area contributed by atoms with E-state index >= 15 is 0 Å². The van der Waals surface area contributed by atoms with E-state index in [1.165, 1.54) is 16.5 Å². The number of nitrogens with two attached hydrogens (primary N) is 1. The molecular weight excluding hydrogens is 220 g/mol. The minimum absolute atomic E-state index is 0.468. The van der Waals surface area contributed by atoms with Crippen LogP contribution in [0.3, 0.4) is 0 Å². The minimum Gasteiger partial charge on any atom is -0.325 e. The molecule has 0 saturated heterocycles. The smallest absolute Gasteiger partial charge is 0.0617 e. The van der Waals surface area contributed by atoms with Crippen molar-refractivity contribution in [2.75, 3.05) is 0 Å². The average molecular weight is 234 g/mol. The molecule has 3 rings (SSSR count). The second kappa shape index (κ2) is 4.59. The maximum absolute atomic E-state index is 5.74. The molecule has 0 aliphatic rings. The van der Waals surface area contributed by atoms with Crippen LogP contribution in [0.5, 0.6) is 0 Å². The standard InChI is InChI=1S/C16H14N2/c17-11-16-15-8-4-7-13(14(15)9-10-18-16)12-5-2-1-3-6-12/h1-10H,11,17H2. The lowest BCUT2D eigenvalue weighted by Gasteiger charge is -2.09. The summed E-state index contributed by atoms with van der Waals surface area (Å²) in [6, 6.07) is 18.7. The molecule has 0 atom stereocenters. The molecule has 2 aromatic carbocycles. The molecule has 2 N–H and O–H groups in total. The maximum Gasteiger partial charge on any atom is 0.0617 e. The Morgan fingerprint density at radius 2 is 1.67 bits per heavy atom. The van der Waals surface area contributed by atoms with Crippen LogP contribution in [0.15, 0.2) is 60.8 Å². The number of hydrogen-bond donors (Lipinski definition) is 1. The van der Waals surface area contributed by atoms with Gasteiger partial charge in [-0.2, -0.15) is 0 Å². The van der Waals surface area contributed by atoms with E-state index in [0.29, 0.717) is 6.54 Å². The normalized spacial score (nSPS) is 10.7. The number of nitrogens with zero attached hydrogens (tertiary/aromatic N) is 1. The van der Waals surface area contributed by atoms with Gasteiger partial charge in [0.25, 0.3) is 0 Å². The molecule has 0 spiro atoms. The summed E-state index contributed by atoms with van der Waals surface area (Å²) in [6.45, 7) is 0.468. The van der Waals surface area contributed by atoms with E-state index in [1.807, 2.05) is 12.3 Å². The fraction of sp³-hybridized carbons (Fsp3) is 0.0625. The van der Waals surface area contributed by atoms with Crippen LogP contribution in [0.25, 0.3) is 21.9 Å². The second-order valence-corrected chi connectivity index (χ2v) is 4.23. The van der Waals surface area contributed by atoms with Crippen LogP contribution < -0.4 is 5.73 Å². The summed E-state index contributed by atoms with van der Waals surface area (Å²) in [6.07, 6.45) is 1.83. The Hall–Kier alpha value is -2.19. The zero-order valence-corrected chi connectivity index (χ0v) is 10.0. The number of hydrogen-bond acceptors (Lipinski definition) is 2. The van der Waals surface area contributed by atoms with Crippen molar-refractivity contribution >= 4 is 10.8 Å². The number of rotatable bonds is 2. The molecular formula is C16H14N2. The first-order chi connectivity index (χ1) is 8.90. The Bertz CT molecular complexity index is 675. The SMILES string of the molecule is NCc1nccc2c(-c3ccccc3)cccc12. The first kappa shape index (κ1) is 10.9. The van der Waals surface area contributed by atoms with Crippen molar-refractivity contribution in [2.24, 2.45) is 5.73 Å². The van der Waals surface area contributed by atoms with Gasteiger partial charge in [-0.05, 0) is 22.6 Å². The molecule has 0 aliphatic carbocycles. The molecule has 2 heteroatoms. The number of benzene rings is 2. The Morgan fingerprint density at radius 3 is 2.44 bits per heavy atom. The van der Waals surface area contributed by atoms with Crippen LogP contribution in [-0.4, -0.2) is 4.98 Å². The second-order valence-electron chi connectivity index (χ2n) is 4.23. The largest absolute Gasteiger partial charge is 0.325 e. The summed E-state index contributed by atoms with van der Waals surface area (Å²) in [5.41, 5.74) is 9.14. The van der Waals surface area contributed by atoms with E-state index < -0.39 is 0 Å². The van der Waals surface area contributed by atoms with Crippen LogP contribution >= 0.6 is 0 Å². The van der Waals surface area contributed by atoms with Gasteiger partial charge in [-0.3, -0.25) is 4.98 Å². The number of pyridine rings is 1. The third kappa shape index (κ3) is 1.77. The molecule has 0 radical (unpaired) electrons. The van der Waals surface area contributed by atoms with E-state index in [0.717, 1.165) is 11.1 Å². The van der Waals surface area contributed by atoms with Crippen molar-refractivity contribution in [2.45, 2.75) is 6.54 Å². The Balaban J connectivity index is 2.32. The van der Waals surface area contributed by atoms with Gasteiger partial charge in [-0.25, -0.2) is 0 Å². The van der Waals surface area contributed by atoms with Crippen molar-refractivity contribution in [1.82, 2.24) is 4.98 Å². The summed E-state index contributed by atoms with van der Waals surface area (Å²) in [4.78, 5) is 4.34. The molecule has 18 heavy (non-hydrogen) atoms. The first-order valence-corrected chi connectivity index (χ1v) is 6.02. The molecule has 0 saturated carbocycles. The summed E-state index contributed by atoms with van der Waals surface area (Å²) in [5, 5.41) is 2.35. The highest BCUT2D eigenvalue weighted by molar-refractivity contribution is 5.97. The van der Waals surface area contributed by atoms with Gasteiger partial charge in [0.2, 0.25) is 0 Å². The van der Waals surface area contributed by atoms with E-state index in [4.69, 9.17) is 5.73 Å². The molecule has 0 aliphatic heterocycles. The van der Waals surface area contributed by atoms with Crippen molar-refractivity contribution in [3.8, 4) is 11.1 Å². The average Bonchev–Trinajstić information content (AvgIpc) is 2.47. The summed E-state index contributed by atoms with van der Waals surface area (Å²) < 4.78 is 0.